The number of rotatable bonds is 3. The van der Waals surface area contributed by atoms with Crippen molar-refractivity contribution in [2.45, 2.75) is 31.8 Å². The second kappa shape index (κ2) is 7.12. The van der Waals surface area contributed by atoms with Gasteiger partial charge in [0.2, 0.25) is 0 Å². The largest absolute Gasteiger partial charge is 0.378 e. The quantitative estimate of drug-likeness (QED) is 0.879. The summed E-state index contributed by atoms with van der Waals surface area (Å²) in [5.41, 5.74) is 1.29. The fraction of sp³-hybridized carbons (Fsp3) is 0.450. The van der Waals surface area contributed by atoms with Crippen LogP contribution in [-0.2, 0) is 16.0 Å². The molecule has 0 aromatic heterocycles. The van der Waals surface area contributed by atoms with Gasteiger partial charge in [0.15, 0.2) is 5.78 Å². The Morgan fingerprint density at radius 2 is 2.04 bits per heavy atom. The molecule has 27 heavy (non-hydrogen) atoms. The molecule has 0 radical (unpaired) electrons. The van der Waals surface area contributed by atoms with Gasteiger partial charge >= 0.3 is 0 Å². The maximum absolute atomic E-state index is 14.4. The fourth-order valence-electron chi connectivity index (χ4n) is 3.67. The van der Waals surface area contributed by atoms with Gasteiger partial charge in [0.25, 0.3) is 5.91 Å². The second-order valence-corrected chi connectivity index (χ2v) is 7.14. The van der Waals surface area contributed by atoms with Gasteiger partial charge in [0.05, 0.1) is 16.9 Å². The number of hydrogen-bond donors (Lipinski definition) is 1. The molecule has 0 spiro atoms. The van der Waals surface area contributed by atoms with E-state index >= 15 is 0 Å². The highest BCUT2D eigenvalue weighted by atomic mass is 19.1. The summed E-state index contributed by atoms with van der Waals surface area (Å²) in [6, 6.07) is 4.70. The number of allylic oxidation sites excluding steroid dienone is 1. The zero-order valence-electron chi connectivity index (χ0n) is 15.7. The average Bonchev–Trinajstić information content (AvgIpc) is 2.66. The van der Waals surface area contributed by atoms with Gasteiger partial charge < -0.3 is 15.0 Å². The average molecular weight is 371 g/mol. The van der Waals surface area contributed by atoms with Crippen LogP contribution in [0.25, 0.3) is 5.70 Å². The van der Waals surface area contributed by atoms with Crippen LogP contribution in [0.1, 0.15) is 41.3 Å². The Bertz CT molecular complexity index is 877. The van der Waals surface area contributed by atoms with Gasteiger partial charge in [0.1, 0.15) is 17.5 Å². The zero-order valence-corrected chi connectivity index (χ0v) is 15.7. The maximum atomic E-state index is 14.4. The molecule has 1 fully saturated rings. The van der Waals surface area contributed by atoms with E-state index in [1.54, 1.807) is 7.11 Å². The number of Topliss-reactive ketones (excluding diaryl/α,β-unsaturated/α-hetero) is 1. The van der Waals surface area contributed by atoms with E-state index in [4.69, 9.17) is 4.74 Å². The molecule has 3 rings (SSSR count). The third-order valence-corrected chi connectivity index (χ3v) is 5.53. The summed E-state index contributed by atoms with van der Waals surface area (Å²) in [5.74, 6) is -1.55. The number of halogens is 1. The van der Waals surface area contributed by atoms with Crippen molar-refractivity contribution in [1.82, 2.24) is 10.2 Å². The lowest BCUT2D eigenvalue weighted by atomic mass is 9.85. The highest BCUT2D eigenvalue weighted by Gasteiger charge is 2.36. The minimum atomic E-state index is -0.675. The van der Waals surface area contributed by atoms with Crippen molar-refractivity contribution < 1.29 is 18.7 Å². The molecular formula is C20H22FN3O3. The highest BCUT2D eigenvalue weighted by Crippen LogP contribution is 2.37. The van der Waals surface area contributed by atoms with Crippen molar-refractivity contribution in [3.8, 4) is 6.07 Å². The number of nitrogens with zero attached hydrogens (tertiary/aromatic N) is 2. The van der Waals surface area contributed by atoms with Crippen LogP contribution in [0.3, 0.4) is 0 Å². The SMILES string of the molecule is CNC(=O)c1cc2c(cc1F)CC(=O)C(C#N)=C2N1CCC(C)(OC)CC1. The summed E-state index contributed by atoms with van der Waals surface area (Å²) in [5, 5.41) is 12.0. The number of ether oxygens (including phenoxy) is 1. The van der Waals surface area contributed by atoms with E-state index < -0.39 is 11.7 Å². The summed E-state index contributed by atoms with van der Waals surface area (Å²) in [6.07, 6.45) is 1.42. The fourth-order valence-corrected chi connectivity index (χ4v) is 3.67. The molecule has 0 atom stereocenters. The lowest BCUT2D eigenvalue weighted by Crippen LogP contribution is -2.43. The smallest absolute Gasteiger partial charge is 0.254 e. The molecule has 1 aromatic carbocycles. The number of nitriles is 1. The number of fused-ring (bicyclic) bond motifs is 1. The van der Waals surface area contributed by atoms with Gasteiger partial charge in [-0.05, 0) is 37.5 Å². The van der Waals surface area contributed by atoms with E-state index in [0.717, 1.165) is 12.8 Å². The number of hydrogen-bond acceptors (Lipinski definition) is 5. The van der Waals surface area contributed by atoms with Gasteiger partial charge in [-0.2, -0.15) is 5.26 Å². The summed E-state index contributed by atoms with van der Waals surface area (Å²) in [7, 11) is 3.10. The molecule has 1 aliphatic heterocycles. The van der Waals surface area contributed by atoms with Gasteiger partial charge in [-0.1, -0.05) is 0 Å². The number of benzene rings is 1. The first-order valence-corrected chi connectivity index (χ1v) is 8.86. The van der Waals surface area contributed by atoms with Gasteiger partial charge in [-0.15, -0.1) is 0 Å². The molecule has 0 unspecified atom stereocenters. The van der Waals surface area contributed by atoms with Crippen molar-refractivity contribution in [2.75, 3.05) is 27.2 Å². The third-order valence-electron chi connectivity index (χ3n) is 5.53. The van der Waals surface area contributed by atoms with E-state index in [9.17, 15) is 19.2 Å². The predicted octanol–water partition coefficient (Wildman–Crippen LogP) is 2.05. The van der Waals surface area contributed by atoms with E-state index in [1.807, 2.05) is 17.9 Å². The second-order valence-electron chi connectivity index (χ2n) is 7.14. The summed E-state index contributed by atoms with van der Waals surface area (Å²) >= 11 is 0. The predicted molar refractivity (Wildman–Crippen MR) is 97.3 cm³/mol. The first kappa shape index (κ1) is 19.1. The summed E-state index contributed by atoms with van der Waals surface area (Å²) in [6.45, 7) is 3.23. The van der Waals surface area contributed by atoms with E-state index in [2.05, 4.69) is 5.32 Å². The number of likely N-dealkylation sites (tertiary alicyclic amines) is 1. The topological polar surface area (TPSA) is 82.4 Å². The minimum absolute atomic E-state index is 0.0453. The van der Waals surface area contributed by atoms with Crippen molar-refractivity contribution in [3.63, 3.8) is 0 Å². The van der Waals surface area contributed by atoms with Gasteiger partial charge in [-0.25, -0.2) is 4.39 Å². The molecule has 1 aromatic rings. The van der Waals surface area contributed by atoms with Crippen LogP contribution in [0.5, 0.6) is 0 Å². The Balaban J connectivity index is 2.10. The van der Waals surface area contributed by atoms with Crippen LogP contribution < -0.4 is 5.32 Å². The Hall–Kier alpha value is -2.72. The molecule has 0 bridgehead atoms. The summed E-state index contributed by atoms with van der Waals surface area (Å²) in [4.78, 5) is 26.5. The van der Waals surface area contributed by atoms with Gasteiger partial charge in [-0.3, -0.25) is 9.59 Å². The Morgan fingerprint density at radius 1 is 1.37 bits per heavy atom. The molecule has 1 aliphatic carbocycles. The molecule has 1 heterocycles. The van der Waals surface area contributed by atoms with Crippen LogP contribution in [0, 0.1) is 17.1 Å². The highest BCUT2D eigenvalue weighted by molar-refractivity contribution is 6.10. The Labute approximate surface area is 157 Å². The lowest BCUT2D eigenvalue weighted by molar-refractivity contribution is -0.114. The Kier molecular flexibility index (Phi) is 5.03. The number of amides is 1. The molecular weight excluding hydrogens is 349 g/mol. The van der Waals surface area contributed by atoms with Gasteiger partial charge in [0, 0.05) is 39.2 Å². The summed E-state index contributed by atoms with van der Waals surface area (Å²) < 4.78 is 19.9. The van der Waals surface area contributed by atoms with E-state index in [1.165, 1.54) is 19.2 Å². The van der Waals surface area contributed by atoms with Crippen molar-refractivity contribution in [3.05, 3.63) is 40.2 Å². The van der Waals surface area contributed by atoms with E-state index in [0.29, 0.717) is 29.9 Å². The molecule has 7 heteroatoms. The number of carbonyl (C=O) groups is 2. The van der Waals surface area contributed by atoms with Crippen molar-refractivity contribution >= 4 is 17.4 Å². The van der Waals surface area contributed by atoms with Crippen LogP contribution in [0.2, 0.25) is 0 Å². The maximum Gasteiger partial charge on any atom is 0.254 e. The monoisotopic (exact) mass is 371 g/mol. The van der Waals surface area contributed by atoms with Crippen LogP contribution >= 0.6 is 0 Å². The number of ketones is 1. The number of carbonyl (C=O) groups excluding carboxylic acids is 2. The number of piperidine rings is 1. The number of nitrogens with one attached hydrogen (secondary N) is 1. The molecule has 6 nitrogen and oxygen atoms in total. The van der Waals surface area contributed by atoms with Crippen LogP contribution in [-0.4, -0.2) is 49.4 Å². The molecule has 0 saturated carbocycles. The first-order valence-electron chi connectivity index (χ1n) is 8.86. The van der Waals surface area contributed by atoms with E-state index in [-0.39, 0.29) is 28.9 Å². The molecule has 2 aliphatic rings. The standard InChI is InChI=1S/C20H22FN3O3/c1-20(27-3)4-6-24(7-5-20)18-13-10-14(19(26)23-2)16(21)8-12(13)9-17(25)15(18)11-22/h8,10H,4-7,9H2,1-3H3,(H,23,26). The minimum Gasteiger partial charge on any atom is -0.378 e. The van der Waals surface area contributed by atoms with Crippen molar-refractivity contribution in [1.29, 1.82) is 5.26 Å². The number of methoxy groups -OCH3 is 1. The molecule has 142 valence electrons. The van der Waals surface area contributed by atoms with Crippen molar-refractivity contribution in [2.24, 2.45) is 0 Å². The molecule has 1 saturated heterocycles. The molecule has 1 N–H and O–H groups in total. The zero-order chi connectivity index (χ0) is 19.8. The molecule has 1 amide bonds. The van der Waals surface area contributed by atoms with Crippen LogP contribution in [0.15, 0.2) is 17.7 Å². The Morgan fingerprint density at radius 3 is 2.59 bits per heavy atom. The van der Waals surface area contributed by atoms with Crippen LogP contribution in [0.4, 0.5) is 4.39 Å². The third kappa shape index (κ3) is 3.33. The normalized spacial score (nSPS) is 18.8. The lowest BCUT2D eigenvalue weighted by Gasteiger charge is -2.41. The first-order chi connectivity index (χ1) is 12.8.